The first-order valence-electron chi connectivity index (χ1n) is 11.0. The summed E-state index contributed by atoms with van der Waals surface area (Å²) in [6.45, 7) is 3.46. The maximum atomic E-state index is 13.1. The number of amides is 2. The molecule has 3 aliphatic rings. The lowest BCUT2D eigenvalue weighted by Crippen LogP contribution is -2.51. The molecule has 10 heteroatoms. The van der Waals surface area contributed by atoms with E-state index in [1.807, 2.05) is 4.90 Å². The molecule has 0 atom stereocenters. The molecule has 0 spiro atoms. The van der Waals surface area contributed by atoms with Crippen molar-refractivity contribution in [1.29, 1.82) is 0 Å². The maximum absolute atomic E-state index is 13.1. The molecule has 1 aliphatic carbocycles. The summed E-state index contributed by atoms with van der Waals surface area (Å²) >= 11 is 6.28. The van der Waals surface area contributed by atoms with Gasteiger partial charge in [0.15, 0.2) is 0 Å². The smallest absolute Gasteiger partial charge is 0.255 e. The summed E-state index contributed by atoms with van der Waals surface area (Å²) in [5, 5.41) is 3.22. The van der Waals surface area contributed by atoms with E-state index in [0.29, 0.717) is 51.9 Å². The van der Waals surface area contributed by atoms with Crippen molar-refractivity contribution in [2.75, 3.05) is 45.8 Å². The second kappa shape index (κ2) is 9.44. The second-order valence-corrected chi connectivity index (χ2v) is 10.9. The van der Waals surface area contributed by atoms with E-state index in [-0.39, 0.29) is 27.3 Å². The van der Waals surface area contributed by atoms with Crippen LogP contribution in [-0.4, -0.2) is 86.2 Å². The molecule has 0 unspecified atom stereocenters. The minimum atomic E-state index is -3.64. The van der Waals surface area contributed by atoms with Crippen molar-refractivity contribution in [2.24, 2.45) is 0 Å². The van der Waals surface area contributed by atoms with Crippen molar-refractivity contribution < 1.29 is 18.0 Å². The van der Waals surface area contributed by atoms with E-state index in [2.05, 4.69) is 5.32 Å². The molecule has 170 valence electrons. The van der Waals surface area contributed by atoms with Crippen molar-refractivity contribution in [1.82, 2.24) is 19.4 Å². The molecule has 1 N–H and O–H groups in total. The SMILES string of the molecule is O=C(CN1CCN(C(=O)c2cc(S(=O)(=O)N3CCCCC3)ccc2Cl)CC1)NC1CC1. The van der Waals surface area contributed by atoms with E-state index in [9.17, 15) is 18.0 Å². The number of carbonyl (C=O) groups is 2. The summed E-state index contributed by atoms with van der Waals surface area (Å²) in [6.07, 6.45) is 4.84. The highest BCUT2D eigenvalue weighted by molar-refractivity contribution is 7.89. The third-order valence-corrected chi connectivity index (χ3v) is 8.31. The molecule has 2 heterocycles. The van der Waals surface area contributed by atoms with Gasteiger partial charge in [0, 0.05) is 45.3 Å². The molecular formula is C21H29ClN4O4S. The van der Waals surface area contributed by atoms with Crippen molar-refractivity contribution >= 4 is 33.4 Å². The lowest BCUT2D eigenvalue weighted by atomic mass is 10.1. The lowest BCUT2D eigenvalue weighted by molar-refractivity contribution is -0.122. The molecule has 1 aromatic rings. The minimum Gasteiger partial charge on any atom is -0.352 e. The Kier molecular flexibility index (Phi) is 6.86. The number of halogens is 1. The fraction of sp³-hybridized carbons (Fsp3) is 0.619. The largest absolute Gasteiger partial charge is 0.352 e. The number of rotatable bonds is 6. The van der Waals surface area contributed by atoms with Crippen LogP contribution in [0.2, 0.25) is 5.02 Å². The average Bonchev–Trinajstić information content (AvgIpc) is 3.58. The summed E-state index contributed by atoms with van der Waals surface area (Å²) in [5.41, 5.74) is 0.208. The van der Waals surface area contributed by atoms with Gasteiger partial charge < -0.3 is 10.2 Å². The van der Waals surface area contributed by atoms with Crippen LogP contribution in [-0.2, 0) is 14.8 Å². The summed E-state index contributed by atoms with van der Waals surface area (Å²) in [5.74, 6) is -0.247. The molecule has 0 bridgehead atoms. The number of benzene rings is 1. The third-order valence-electron chi connectivity index (χ3n) is 6.09. The van der Waals surface area contributed by atoms with E-state index in [0.717, 1.165) is 32.1 Å². The molecule has 4 rings (SSSR count). The van der Waals surface area contributed by atoms with Crippen LogP contribution < -0.4 is 5.32 Å². The minimum absolute atomic E-state index is 0.0286. The van der Waals surface area contributed by atoms with Crippen LogP contribution in [0.25, 0.3) is 0 Å². The molecule has 2 aliphatic heterocycles. The molecule has 0 radical (unpaired) electrons. The van der Waals surface area contributed by atoms with Crippen LogP contribution in [0.5, 0.6) is 0 Å². The topological polar surface area (TPSA) is 90.0 Å². The summed E-state index contributed by atoms with van der Waals surface area (Å²) in [6, 6.07) is 4.71. The van der Waals surface area contributed by atoms with Gasteiger partial charge in [0.25, 0.3) is 5.91 Å². The van der Waals surface area contributed by atoms with Gasteiger partial charge in [-0.1, -0.05) is 18.0 Å². The number of piperazine rings is 1. The zero-order chi connectivity index (χ0) is 22.0. The Morgan fingerprint density at radius 2 is 1.68 bits per heavy atom. The molecule has 2 saturated heterocycles. The van der Waals surface area contributed by atoms with Crippen LogP contribution >= 0.6 is 11.6 Å². The third kappa shape index (κ3) is 5.39. The van der Waals surface area contributed by atoms with Gasteiger partial charge in [0.2, 0.25) is 15.9 Å². The normalized spacial score (nSPS) is 21.1. The standard InChI is InChI=1S/C21H29ClN4O4S/c22-19-7-6-17(31(29,30)26-8-2-1-3-9-26)14-18(19)21(28)25-12-10-24(11-13-25)15-20(27)23-16-4-5-16/h6-7,14,16H,1-5,8-13,15H2,(H,23,27). The van der Waals surface area contributed by atoms with E-state index in [1.165, 1.54) is 22.5 Å². The molecule has 3 fully saturated rings. The zero-order valence-electron chi connectivity index (χ0n) is 17.6. The van der Waals surface area contributed by atoms with Crippen molar-refractivity contribution in [3.63, 3.8) is 0 Å². The highest BCUT2D eigenvalue weighted by atomic mass is 35.5. The first-order valence-corrected chi connectivity index (χ1v) is 12.8. The van der Waals surface area contributed by atoms with Gasteiger partial charge in [-0.25, -0.2) is 8.42 Å². The van der Waals surface area contributed by atoms with Gasteiger partial charge in [-0.05, 0) is 43.9 Å². The molecule has 1 aromatic carbocycles. The summed E-state index contributed by atoms with van der Waals surface area (Å²) in [7, 11) is -3.64. The van der Waals surface area contributed by atoms with Gasteiger partial charge in [-0.3, -0.25) is 14.5 Å². The molecule has 8 nitrogen and oxygen atoms in total. The fourth-order valence-corrected chi connectivity index (χ4v) is 5.81. The van der Waals surface area contributed by atoms with Crippen LogP contribution in [0.15, 0.2) is 23.1 Å². The second-order valence-electron chi connectivity index (χ2n) is 8.52. The molecule has 1 saturated carbocycles. The summed E-state index contributed by atoms with van der Waals surface area (Å²) in [4.78, 5) is 28.9. The molecule has 31 heavy (non-hydrogen) atoms. The van der Waals surface area contributed by atoms with Crippen molar-refractivity contribution in [3.8, 4) is 0 Å². The number of hydrogen-bond acceptors (Lipinski definition) is 5. The van der Waals surface area contributed by atoms with Gasteiger partial charge >= 0.3 is 0 Å². The Morgan fingerprint density at radius 1 is 1.00 bits per heavy atom. The highest BCUT2D eigenvalue weighted by Gasteiger charge is 2.30. The quantitative estimate of drug-likeness (QED) is 0.684. The summed E-state index contributed by atoms with van der Waals surface area (Å²) < 4.78 is 27.5. The van der Waals surface area contributed by atoms with Gasteiger partial charge in [0.1, 0.15) is 0 Å². The lowest BCUT2D eigenvalue weighted by Gasteiger charge is -2.34. The predicted molar refractivity (Wildman–Crippen MR) is 118 cm³/mol. The Labute approximate surface area is 188 Å². The zero-order valence-corrected chi connectivity index (χ0v) is 19.1. The number of hydrogen-bond donors (Lipinski definition) is 1. The predicted octanol–water partition coefficient (Wildman–Crippen LogP) is 1.55. The number of carbonyl (C=O) groups excluding carboxylic acids is 2. The Balaban J connectivity index is 1.40. The first-order chi connectivity index (χ1) is 14.8. The van der Waals surface area contributed by atoms with E-state index >= 15 is 0 Å². The number of sulfonamides is 1. The highest BCUT2D eigenvalue weighted by Crippen LogP contribution is 2.26. The molecule has 2 amide bonds. The van der Waals surface area contributed by atoms with Crippen molar-refractivity contribution in [2.45, 2.75) is 43.0 Å². The first kappa shape index (κ1) is 22.5. The van der Waals surface area contributed by atoms with Crippen LogP contribution in [0, 0.1) is 0 Å². The maximum Gasteiger partial charge on any atom is 0.255 e. The Hall–Kier alpha value is -1.68. The number of nitrogens with zero attached hydrogens (tertiary/aromatic N) is 3. The molecular weight excluding hydrogens is 440 g/mol. The van der Waals surface area contributed by atoms with Crippen LogP contribution in [0.4, 0.5) is 0 Å². The molecule has 0 aromatic heterocycles. The fourth-order valence-electron chi connectivity index (χ4n) is 4.07. The monoisotopic (exact) mass is 468 g/mol. The van der Waals surface area contributed by atoms with Crippen LogP contribution in [0.3, 0.4) is 0 Å². The van der Waals surface area contributed by atoms with Gasteiger partial charge in [0.05, 0.1) is 22.0 Å². The number of piperidine rings is 1. The van der Waals surface area contributed by atoms with Crippen molar-refractivity contribution in [3.05, 3.63) is 28.8 Å². The van der Waals surface area contributed by atoms with E-state index in [4.69, 9.17) is 11.6 Å². The Bertz CT molecular complexity index is 937. The van der Waals surface area contributed by atoms with Gasteiger partial charge in [-0.2, -0.15) is 4.31 Å². The average molecular weight is 469 g/mol. The van der Waals surface area contributed by atoms with E-state index < -0.39 is 10.0 Å². The Morgan fingerprint density at radius 3 is 2.32 bits per heavy atom. The van der Waals surface area contributed by atoms with E-state index in [1.54, 1.807) is 4.90 Å². The number of nitrogens with one attached hydrogen (secondary N) is 1. The van der Waals surface area contributed by atoms with Crippen LogP contribution in [0.1, 0.15) is 42.5 Å². The van der Waals surface area contributed by atoms with Gasteiger partial charge in [-0.15, -0.1) is 0 Å².